The number of hydrogen-bond donors (Lipinski definition) is 0. The van der Waals surface area contributed by atoms with Crippen molar-refractivity contribution in [2.75, 3.05) is 0 Å². The van der Waals surface area contributed by atoms with E-state index in [2.05, 4.69) is 0 Å². The van der Waals surface area contributed by atoms with E-state index in [0.29, 0.717) is 11.4 Å². The van der Waals surface area contributed by atoms with Crippen molar-refractivity contribution in [3.05, 3.63) is 81.2 Å². The lowest BCUT2D eigenvalue weighted by atomic mass is 10.2. The topological polar surface area (TPSA) is 36.2 Å². The molecule has 0 aliphatic carbocycles. The van der Waals surface area contributed by atoms with Crippen molar-refractivity contribution in [1.82, 2.24) is 9.36 Å². The summed E-state index contributed by atoms with van der Waals surface area (Å²) in [5.74, 6) is 0.0378. The molecule has 0 fully saturated rings. The SMILES string of the molecule is Cn1c(COc2cccc(C(F)(F)F)c2)c(Cl)c(=O)n1-c1ccccc1. The zero-order valence-corrected chi connectivity index (χ0v) is 14.4. The highest BCUT2D eigenvalue weighted by Crippen LogP contribution is 2.31. The van der Waals surface area contributed by atoms with Gasteiger partial charge in [-0.05, 0) is 30.3 Å². The first-order valence-electron chi connectivity index (χ1n) is 7.61. The van der Waals surface area contributed by atoms with E-state index in [-0.39, 0.29) is 17.4 Å². The lowest BCUT2D eigenvalue weighted by molar-refractivity contribution is -0.137. The minimum Gasteiger partial charge on any atom is -0.487 e. The van der Waals surface area contributed by atoms with Gasteiger partial charge >= 0.3 is 6.18 Å². The van der Waals surface area contributed by atoms with Gasteiger partial charge in [0.1, 0.15) is 17.4 Å². The zero-order chi connectivity index (χ0) is 18.9. The summed E-state index contributed by atoms with van der Waals surface area (Å²) in [7, 11) is 1.63. The predicted octanol–water partition coefficient (Wildman–Crippen LogP) is 4.43. The minimum absolute atomic E-state index is 0.0378. The van der Waals surface area contributed by atoms with E-state index in [0.717, 1.165) is 12.1 Å². The largest absolute Gasteiger partial charge is 0.487 e. The van der Waals surface area contributed by atoms with Crippen molar-refractivity contribution in [3.8, 4) is 11.4 Å². The van der Waals surface area contributed by atoms with Crippen molar-refractivity contribution in [3.63, 3.8) is 0 Å². The molecule has 1 aromatic heterocycles. The Morgan fingerprint density at radius 1 is 1.08 bits per heavy atom. The van der Waals surface area contributed by atoms with Crippen LogP contribution in [-0.4, -0.2) is 9.36 Å². The smallest absolute Gasteiger partial charge is 0.416 e. The molecule has 1 heterocycles. The highest BCUT2D eigenvalue weighted by molar-refractivity contribution is 6.31. The quantitative estimate of drug-likeness (QED) is 0.669. The second-order valence-electron chi connectivity index (χ2n) is 5.55. The molecule has 8 heteroatoms. The maximum absolute atomic E-state index is 12.8. The number of nitrogens with zero attached hydrogens (tertiary/aromatic N) is 2. The Labute approximate surface area is 152 Å². The fourth-order valence-electron chi connectivity index (χ4n) is 2.55. The third-order valence-electron chi connectivity index (χ3n) is 3.86. The first kappa shape index (κ1) is 18.1. The molecule has 0 amide bonds. The summed E-state index contributed by atoms with van der Waals surface area (Å²) in [5, 5.41) is -0.0386. The minimum atomic E-state index is -4.46. The summed E-state index contributed by atoms with van der Waals surface area (Å²) in [4.78, 5) is 12.4. The third kappa shape index (κ3) is 3.48. The van der Waals surface area contributed by atoms with Crippen LogP contribution in [0.15, 0.2) is 59.4 Å². The Morgan fingerprint density at radius 3 is 2.42 bits per heavy atom. The Bertz CT molecular complexity index is 978. The summed E-state index contributed by atoms with van der Waals surface area (Å²) >= 11 is 6.13. The van der Waals surface area contributed by atoms with Crippen molar-refractivity contribution in [2.24, 2.45) is 7.05 Å². The highest BCUT2D eigenvalue weighted by Gasteiger charge is 2.30. The van der Waals surface area contributed by atoms with Gasteiger partial charge in [-0.15, -0.1) is 0 Å². The average Bonchev–Trinajstić information content (AvgIpc) is 2.83. The molecular formula is C18H14ClF3N2O2. The molecule has 0 aliphatic heterocycles. The third-order valence-corrected chi connectivity index (χ3v) is 4.24. The molecule has 0 aliphatic rings. The predicted molar refractivity (Wildman–Crippen MR) is 91.8 cm³/mol. The lowest BCUT2D eigenvalue weighted by Crippen LogP contribution is -2.19. The lowest BCUT2D eigenvalue weighted by Gasteiger charge is -2.12. The Balaban J connectivity index is 1.89. The van der Waals surface area contributed by atoms with Crippen LogP contribution in [-0.2, 0) is 19.8 Å². The maximum Gasteiger partial charge on any atom is 0.416 e. The monoisotopic (exact) mass is 382 g/mol. The summed E-state index contributed by atoms with van der Waals surface area (Å²) in [6, 6.07) is 13.4. The van der Waals surface area contributed by atoms with Crippen LogP contribution in [0.3, 0.4) is 0 Å². The standard InChI is InChI=1S/C18H14ClF3N2O2/c1-23-15(11-26-14-9-5-6-12(10-14)18(20,21)22)16(19)17(25)24(23)13-7-3-2-4-8-13/h2-10H,11H2,1H3. The van der Waals surface area contributed by atoms with Crippen LogP contribution < -0.4 is 10.3 Å². The average molecular weight is 383 g/mol. The Hall–Kier alpha value is -2.67. The van der Waals surface area contributed by atoms with Gasteiger partial charge in [0.05, 0.1) is 16.9 Å². The molecule has 0 bridgehead atoms. The number of rotatable bonds is 4. The van der Waals surface area contributed by atoms with Crippen LogP contribution in [0, 0.1) is 0 Å². The molecule has 136 valence electrons. The van der Waals surface area contributed by atoms with Crippen molar-refractivity contribution in [1.29, 1.82) is 0 Å². The van der Waals surface area contributed by atoms with Gasteiger partial charge < -0.3 is 4.74 Å². The van der Waals surface area contributed by atoms with E-state index in [4.69, 9.17) is 16.3 Å². The Kier molecular flexibility index (Phi) is 4.82. The fourth-order valence-corrected chi connectivity index (χ4v) is 2.80. The van der Waals surface area contributed by atoms with Gasteiger partial charge in [-0.2, -0.15) is 13.2 Å². The van der Waals surface area contributed by atoms with E-state index in [1.54, 1.807) is 31.3 Å². The number of aromatic nitrogens is 2. The molecule has 0 radical (unpaired) electrons. The van der Waals surface area contributed by atoms with Gasteiger partial charge in [0.15, 0.2) is 0 Å². The molecule has 0 saturated heterocycles. The second-order valence-corrected chi connectivity index (χ2v) is 5.93. The number of alkyl halides is 3. The molecule has 4 nitrogen and oxygen atoms in total. The number of para-hydroxylation sites is 1. The molecule has 0 atom stereocenters. The van der Waals surface area contributed by atoms with E-state index >= 15 is 0 Å². The molecule has 0 N–H and O–H groups in total. The molecular weight excluding hydrogens is 369 g/mol. The summed E-state index contributed by atoms with van der Waals surface area (Å²) in [6.45, 7) is -0.147. The fraction of sp³-hybridized carbons (Fsp3) is 0.167. The van der Waals surface area contributed by atoms with E-state index in [1.807, 2.05) is 6.07 Å². The Morgan fingerprint density at radius 2 is 1.77 bits per heavy atom. The van der Waals surface area contributed by atoms with Gasteiger partial charge in [0, 0.05) is 7.05 Å². The highest BCUT2D eigenvalue weighted by atomic mass is 35.5. The number of hydrogen-bond acceptors (Lipinski definition) is 2. The van der Waals surface area contributed by atoms with E-state index < -0.39 is 17.3 Å². The molecule has 3 rings (SSSR count). The summed E-state index contributed by atoms with van der Waals surface area (Å²) in [5.41, 5.74) is -0.259. The van der Waals surface area contributed by atoms with E-state index in [1.165, 1.54) is 21.5 Å². The number of halogens is 4. The van der Waals surface area contributed by atoms with Crippen LogP contribution in [0.25, 0.3) is 5.69 Å². The normalized spacial score (nSPS) is 11.6. The van der Waals surface area contributed by atoms with Crippen LogP contribution >= 0.6 is 11.6 Å². The molecule has 0 unspecified atom stereocenters. The molecule has 26 heavy (non-hydrogen) atoms. The van der Waals surface area contributed by atoms with Crippen LogP contribution in [0.4, 0.5) is 13.2 Å². The second kappa shape index (κ2) is 6.92. The van der Waals surface area contributed by atoms with Gasteiger partial charge in [-0.25, -0.2) is 4.68 Å². The van der Waals surface area contributed by atoms with Crippen molar-refractivity contribution in [2.45, 2.75) is 12.8 Å². The summed E-state index contributed by atoms with van der Waals surface area (Å²) < 4.78 is 46.7. The summed E-state index contributed by atoms with van der Waals surface area (Å²) in [6.07, 6.45) is -4.46. The van der Waals surface area contributed by atoms with Gasteiger partial charge in [-0.3, -0.25) is 9.48 Å². The van der Waals surface area contributed by atoms with Crippen molar-refractivity contribution < 1.29 is 17.9 Å². The van der Waals surface area contributed by atoms with Crippen LogP contribution in [0.5, 0.6) is 5.75 Å². The van der Waals surface area contributed by atoms with Crippen LogP contribution in [0.2, 0.25) is 5.02 Å². The van der Waals surface area contributed by atoms with Gasteiger partial charge in [0.2, 0.25) is 0 Å². The van der Waals surface area contributed by atoms with Crippen molar-refractivity contribution >= 4 is 11.6 Å². The van der Waals surface area contributed by atoms with Gasteiger partial charge in [0.25, 0.3) is 5.56 Å². The first-order valence-corrected chi connectivity index (χ1v) is 7.98. The van der Waals surface area contributed by atoms with E-state index in [9.17, 15) is 18.0 Å². The molecule has 0 spiro atoms. The number of ether oxygens (including phenoxy) is 1. The first-order chi connectivity index (χ1) is 12.3. The molecule has 0 saturated carbocycles. The van der Waals surface area contributed by atoms with Crippen LogP contribution in [0.1, 0.15) is 11.3 Å². The van der Waals surface area contributed by atoms with Gasteiger partial charge in [-0.1, -0.05) is 35.9 Å². The molecule has 2 aromatic carbocycles. The molecule has 3 aromatic rings. The number of benzene rings is 2. The maximum atomic E-state index is 12.8. The zero-order valence-electron chi connectivity index (χ0n) is 13.6.